The molecule has 27 heavy (non-hydrogen) atoms. The van der Waals surface area contributed by atoms with E-state index >= 15 is 0 Å². The Hall–Kier alpha value is -3.59. The third-order valence-corrected chi connectivity index (χ3v) is 3.94. The van der Waals surface area contributed by atoms with Crippen molar-refractivity contribution >= 4 is 23.7 Å². The lowest BCUT2D eigenvalue weighted by atomic mass is 10.0. The van der Waals surface area contributed by atoms with Crippen LogP contribution >= 0.6 is 0 Å². The van der Waals surface area contributed by atoms with Crippen molar-refractivity contribution in [3.8, 4) is 5.75 Å². The van der Waals surface area contributed by atoms with Gasteiger partial charge >= 0.3 is 17.9 Å². The number of aliphatic carboxylic acids is 1. The minimum atomic E-state index is -1.38. The first-order valence-electron chi connectivity index (χ1n) is 7.76. The summed E-state index contributed by atoms with van der Waals surface area (Å²) >= 11 is 0. The van der Waals surface area contributed by atoms with Gasteiger partial charge in [0, 0.05) is 11.8 Å². The van der Waals surface area contributed by atoms with Gasteiger partial charge in [0.15, 0.2) is 6.54 Å². The number of pyridine rings is 1. The zero-order valence-corrected chi connectivity index (χ0v) is 14.7. The van der Waals surface area contributed by atoms with Gasteiger partial charge in [-0.25, -0.2) is 14.4 Å². The lowest BCUT2D eigenvalue weighted by molar-refractivity contribution is -0.735. The van der Waals surface area contributed by atoms with Gasteiger partial charge < -0.3 is 15.6 Å². The second-order valence-electron chi connectivity index (χ2n) is 5.88. The molecule has 0 aliphatic heterocycles. The van der Waals surface area contributed by atoms with Gasteiger partial charge in [0.1, 0.15) is 11.4 Å². The number of ether oxygens (including phenoxy) is 1. The van der Waals surface area contributed by atoms with Crippen molar-refractivity contribution in [2.24, 2.45) is 5.73 Å². The van der Waals surface area contributed by atoms with E-state index in [2.05, 4.69) is 4.98 Å². The van der Waals surface area contributed by atoms with Crippen LogP contribution in [0.4, 0.5) is 4.79 Å². The largest absolute Gasteiger partial charge is 0.497 e. The predicted octanol–water partition coefficient (Wildman–Crippen LogP) is 1.07. The molecule has 1 aromatic carbocycles. The SMILES string of the molecule is COc1cc(C(=O)c2ccccn2)cc(C(=O)[N+](C)(CC(=O)O)C(N)=O)c1. The number of urea groups is 1. The van der Waals surface area contributed by atoms with E-state index in [0.29, 0.717) is 0 Å². The number of hydrogen-bond acceptors (Lipinski definition) is 6. The zero-order valence-electron chi connectivity index (χ0n) is 14.7. The molecule has 0 spiro atoms. The number of methoxy groups -OCH3 is 1. The topological polar surface area (TPSA) is 137 Å². The Kier molecular flexibility index (Phi) is 5.66. The molecular formula is C18H18N3O6+. The number of hydrogen-bond donors (Lipinski definition) is 2. The lowest BCUT2D eigenvalue weighted by Crippen LogP contribution is -2.58. The number of carbonyl (C=O) groups is 4. The first-order chi connectivity index (χ1) is 12.7. The smallest absolute Gasteiger partial charge is 0.422 e. The minimum absolute atomic E-state index is 0.0869. The van der Waals surface area contributed by atoms with Gasteiger partial charge in [0.2, 0.25) is 5.78 Å². The molecule has 1 heterocycles. The van der Waals surface area contributed by atoms with Crippen LogP contribution in [0.25, 0.3) is 0 Å². The molecule has 0 bridgehead atoms. The third-order valence-electron chi connectivity index (χ3n) is 3.94. The first-order valence-corrected chi connectivity index (χ1v) is 7.76. The number of aromatic nitrogens is 1. The Bertz CT molecular complexity index is 913. The molecule has 0 aliphatic carbocycles. The molecule has 0 saturated heterocycles. The molecule has 9 nitrogen and oxygen atoms in total. The van der Waals surface area contributed by atoms with E-state index in [1.165, 1.54) is 37.6 Å². The maximum atomic E-state index is 12.8. The highest BCUT2D eigenvalue weighted by Crippen LogP contribution is 2.22. The van der Waals surface area contributed by atoms with Crippen LogP contribution in [0.1, 0.15) is 26.4 Å². The van der Waals surface area contributed by atoms with Crippen LogP contribution in [0.3, 0.4) is 0 Å². The summed E-state index contributed by atoms with van der Waals surface area (Å²) in [5.74, 6) is -2.53. The Labute approximate surface area is 154 Å². The van der Waals surface area contributed by atoms with E-state index in [-0.39, 0.29) is 22.6 Å². The summed E-state index contributed by atoms with van der Waals surface area (Å²) in [6, 6.07) is 7.64. The molecule has 0 aliphatic rings. The van der Waals surface area contributed by atoms with Gasteiger partial charge in [-0.1, -0.05) is 6.07 Å². The number of ketones is 1. The molecule has 2 aromatic rings. The average Bonchev–Trinajstić information content (AvgIpc) is 2.66. The third kappa shape index (κ3) is 4.15. The molecule has 1 unspecified atom stereocenters. The molecule has 3 amide bonds. The van der Waals surface area contributed by atoms with Crippen molar-refractivity contribution in [3.63, 3.8) is 0 Å². The van der Waals surface area contributed by atoms with Crippen molar-refractivity contribution in [1.82, 2.24) is 4.98 Å². The Morgan fingerprint density at radius 3 is 2.33 bits per heavy atom. The van der Waals surface area contributed by atoms with Crippen molar-refractivity contribution < 1.29 is 33.5 Å². The standard InChI is InChI=1S/C18H17N3O6/c1-21(18(19)26,10-15(22)23)17(25)12-7-11(8-13(9-12)27-2)16(24)14-5-3-4-6-20-14/h3-9H,10H2,1-2H3,(H2-,19,22,23,26)/p+1. The fourth-order valence-electron chi connectivity index (χ4n) is 2.42. The molecule has 1 atom stereocenters. The molecule has 0 radical (unpaired) electrons. The van der Waals surface area contributed by atoms with Crippen LogP contribution in [0.5, 0.6) is 5.75 Å². The minimum Gasteiger partial charge on any atom is -0.497 e. The van der Waals surface area contributed by atoms with Crippen molar-refractivity contribution in [2.45, 2.75) is 0 Å². The number of carboxylic acid groups (broad SMARTS) is 1. The second kappa shape index (κ2) is 7.75. The fourth-order valence-corrected chi connectivity index (χ4v) is 2.42. The van der Waals surface area contributed by atoms with E-state index in [9.17, 15) is 19.2 Å². The van der Waals surface area contributed by atoms with Crippen LogP contribution in [0, 0.1) is 0 Å². The van der Waals surface area contributed by atoms with Gasteiger partial charge in [-0.05, 0) is 30.3 Å². The molecule has 140 valence electrons. The normalized spacial score (nSPS) is 12.7. The molecule has 9 heteroatoms. The van der Waals surface area contributed by atoms with E-state index < -0.39 is 34.7 Å². The lowest BCUT2D eigenvalue weighted by Gasteiger charge is -2.25. The number of primary amides is 1. The number of nitrogens with zero attached hydrogens (tertiary/aromatic N) is 2. The monoisotopic (exact) mass is 372 g/mol. The van der Waals surface area contributed by atoms with Crippen LogP contribution < -0.4 is 10.5 Å². The van der Waals surface area contributed by atoms with Gasteiger partial charge in [0.25, 0.3) is 0 Å². The summed E-state index contributed by atoms with van der Waals surface area (Å²) in [6.07, 6.45) is 1.45. The summed E-state index contributed by atoms with van der Waals surface area (Å²) in [5.41, 5.74) is 5.43. The van der Waals surface area contributed by atoms with Gasteiger partial charge in [0.05, 0.1) is 19.7 Å². The van der Waals surface area contributed by atoms with Crippen molar-refractivity contribution in [1.29, 1.82) is 0 Å². The quantitative estimate of drug-likeness (QED) is 0.571. The highest BCUT2D eigenvalue weighted by molar-refractivity contribution is 6.09. The molecule has 1 aromatic heterocycles. The molecule has 3 N–H and O–H groups in total. The predicted molar refractivity (Wildman–Crippen MR) is 93.3 cm³/mol. The molecule has 2 rings (SSSR count). The van der Waals surface area contributed by atoms with Gasteiger partial charge in [-0.15, -0.1) is 0 Å². The summed E-state index contributed by atoms with van der Waals surface area (Å²) in [5, 5.41) is 9.02. The summed E-state index contributed by atoms with van der Waals surface area (Å²) in [6.45, 7) is -0.838. The highest BCUT2D eigenvalue weighted by Gasteiger charge is 2.42. The first kappa shape index (κ1) is 19.7. The van der Waals surface area contributed by atoms with Gasteiger partial charge in [-0.2, -0.15) is 4.48 Å². The number of likely N-dealkylation sites (N-methyl/N-ethyl adjacent to an activating group) is 1. The van der Waals surface area contributed by atoms with Gasteiger partial charge in [-0.3, -0.25) is 9.78 Å². The van der Waals surface area contributed by atoms with Crippen LogP contribution in [-0.4, -0.2) is 59.0 Å². The van der Waals surface area contributed by atoms with Crippen molar-refractivity contribution in [2.75, 3.05) is 20.7 Å². The fraction of sp³-hybridized carbons (Fsp3) is 0.167. The summed E-state index contributed by atoms with van der Waals surface area (Å²) in [7, 11) is 2.44. The number of amides is 3. The Morgan fingerprint density at radius 1 is 1.15 bits per heavy atom. The summed E-state index contributed by atoms with van der Waals surface area (Å²) in [4.78, 5) is 52.3. The van der Waals surface area contributed by atoms with Crippen LogP contribution in [-0.2, 0) is 4.79 Å². The number of imide groups is 1. The van der Waals surface area contributed by atoms with E-state index in [4.69, 9.17) is 15.6 Å². The number of carboxylic acids is 1. The molecular weight excluding hydrogens is 354 g/mol. The number of carbonyl (C=O) groups excluding carboxylic acids is 3. The van der Waals surface area contributed by atoms with Crippen molar-refractivity contribution in [3.05, 3.63) is 59.4 Å². The maximum absolute atomic E-state index is 12.8. The van der Waals surface area contributed by atoms with E-state index in [0.717, 1.165) is 7.05 Å². The van der Waals surface area contributed by atoms with Crippen LogP contribution in [0.2, 0.25) is 0 Å². The zero-order chi connectivity index (χ0) is 20.2. The number of nitrogens with two attached hydrogens (primary N) is 1. The Morgan fingerprint density at radius 2 is 1.81 bits per heavy atom. The van der Waals surface area contributed by atoms with E-state index in [1.807, 2.05) is 0 Å². The highest BCUT2D eigenvalue weighted by atomic mass is 16.5. The van der Waals surface area contributed by atoms with Crippen LogP contribution in [0.15, 0.2) is 42.6 Å². The summed E-state index contributed by atoms with van der Waals surface area (Å²) < 4.78 is 3.93. The second-order valence-corrected chi connectivity index (χ2v) is 5.88. The average molecular weight is 372 g/mol. The maximum Gasteiger partial charge on any atom is 0.422 e. The number of benzene rings is 1. The Balaban J connectivity index is 2.54. The molecule has 0 fully saturated rings. The molecule has 0 saturated carbocycles. The number of rotatable bonds is 6. The number of quaternary nitrogens is 1. The van der Waals surface area contributed by atoms with E-state index in [1.54, 1.807) is 12.1 Å².